The van der Waals surface area contributed by atoms with E-state index in [-0.39, 0.29) is 0 Å². The molecule has 1 amide bonds. The summed E-state index contributed by atoms with van der Waals surface area (Å²) in [7, 11) is 1.98. The minimum absolute atomic E-state index is 0.318. The molecule has 0 aliphatic heterocycles. The van der Waals surface area contributed by atoms with E-state index < -0.39 is 0 Å². The molecule has 0 spiro atoms. The van der Waals surface area contributed by atoms with Gasteiger partial charge in [-0.05, 0) is 43.8 Å². The van der Waals surface area contributed by atoms with Gasteiger partial charge in [0.25, 0.3) is 0 Å². The summed E-state index contributed by atoms with van der Waals surface area (Å²) in [5, 5.41) is 0. The zero-order valence-corrected chi connectivity index (χ0v) is 11.7. The van der Waals surface area contributed by atoms with Crippen LogP contribution >= 0.6 is 11.8 Å². The van der Waals surface area contributed by atoms with E-state index in [0.717, 1.165) is 18.1 Å². The fraction of sp³-hybridized carbons (Fsp3) is 0.923. The van der Waals surface area contributed by atoms with Crippen molar-refractivity contribution in [1.82, 2.24) is 4.90 Å². The van der Waals surface area contributed by atoms with Gasteiger partial charge in [0.2, 0.25) is 5.91 Å². The Bertz CT molecular complexity index is 212. The summed E-state index contributed by atoms with van der Waals surface area (Å²) in [5.74, 6) is 2.93. The quantitative estimate of drug-likeness (QED) is 0.691. The summed E-state index contributed by atoms with van der Waals surface area (Å²) in [5.41, 5.74) is 0. The summed E-state index contributed by atoms with van der Waals surface area (Å²) in [6, 6.07) is 0.505. The zero-order valence-electron chi connectivity index (χ0n) is 10.9. The molecule has 1 fully saturated rings. The fourth-order valence-corrected chi connectivity index (χ4v) is 3.05. The van der Waals surface area contributed by atoms with Gasteiger partial charge in [0.05, 0.1) is 5.75 Å². The molecular formula is C13H25NOS. The third kappa shape index (κ3) is 4.36. The first kappa shape index (κ1) is 13.9. The van der Waals surface area contributed by atoms with Crippen LogP contribution in [0, 0.1) is 5.92 Å². The van der Waals surface area contributed by atoms with Gasteiger partial charge in [0.1, 0.15) is 0 Å². The largest absolute Gasteiger partial charge is 0.342 e. The molecule has 16 heavy (non-hydrogen) atoms. The second kappa shape index (κ2) is 7.21. The smallest absolute Gasteiger partial charge is 0.232 e. The van der Waals surface area contributed by atoms with Gasteiger partial charge in [-0.15, -0.1) is 0 Å². The molecule has 0 radical (unpaired) electrons. The van der Waals surface area contributed by atoms with Gasteiger partial charge in [0, 0.05) is 13.1 Å². The minimum atomic E-state index is 0.318. The van der Waals surface area contributed by atoms with Crippen molar-refractivity contribution in [3.63, 3.8) is 0 Å². The Morgan fingerprint density at radius 3 is 2.50 bits per heavy atom. The highest BCUT2D eigenvalue weighted by molar-refractivity contribution is 7.99. The van der Waals surface area contributed by atoms with Crippen LogP contribution in [0.4, 0.5) is 0 Å². The second-order valence-electron chi connectivity index (χ2n) is 4.97. The number of hydrogen-bond acceptors (Lipinski definition) is 2. The van der Waals surface area contributed by atoms with Gasteiger partial charge in [0.15, 0.2) is 0 Å². The van der Waals surface area contributed by atoms with Crippen LogP contribution in [-0.4, -0.2) is 35.4 Å². The summed E-state index contributed by atoms with van der Waals surface area (Å²) in [6.07, 6.45) is 6.11. The number of rotatable bonds is 5. The highest BCUT2D eigenvalue weighted by Gasteiger charge is 2.24. The summed E-state index contributed by atoms with van der Waals surface area (Å²) in [6.45, 7) is 4.47. The monoisotopic (exact) mass is 243 g/mol. The molecule has 0 aromatic rings. The van der Waals surface area contributed by atoms with E-state index in [1.54, 1.807) is 11.8 Å². The molecule has 0 aromatic heterocycles. The third-order valence-electron chi connectivity index (χ3n) is 3.50. The Balaban J connectivity index is 2.27. The van der Waals surface area contributed by atoms with E-state index in [2.05, 4.69) is 13.8 Å². The number of carbonyl (C=O) groups is 1. The van der Waals surface area contributed by atoms with Crippen molar-refractivity contribution in [2.75, 3.05) is 18.6 Å². The minimum Gasteiger partial charge on any atom is -0.342 e. The molecule has 1 aliphatic carbocycles. The van der Waals surface area contributed by atoms with E-state index in [1.165, 1.54) is 25.7 Å². The highest BCUT2D eigenvalue weighted by Crippen LogP contribution is 2.26. The lowest BCUT2D eigenvalue weighted by atomic mass is 9.87. The second-order valence-corrected chi connectivity index (χ2v) is 6.08. The maximum absolute atomic E-state index is 11.9. The van der Waals surface area contributed by atoms with E-state index in [9.17, 15) is 4.79 Å². The fourth-order valence-electron chi connectivity index (χ4n) is 2.24. The van der Waals surface area contributed by atoms with Crippen LogP contribution in [0.15, 0.2) is 0 Å². The topological polar surface area (TPSA) is 20.3 Å². The van der Waals surface area contributed by atoms with Gasteiger partial charge in [-0.2, -0.15) is 11.8 Å². The summed E-state index contributed by atoms with van der Waals surface area (Å²) in [4.78, 5) is 13.9. The molecular weight excluding hydrogens is 218 g/mol. The van der Waals surface area contributed by atoms with Crippen molar-refractivity contribution < 1.29 is 4.79 Å². The number of nitrogens with zero attached hydrogens (tertiary/aromatic N) is 1. The summed E-state index contributed by atoms with van der Waals surface area (Å²) >= 11 is 1.76. The SMILES string of the molecule is CCCSCC(=O)N(C)C1CCC(C)CC1. The predicted octanol–water partition coefficient (Wildman–Crippen LogP) is 3.17. The number of thioether (sulfide) groups is 1. The number of amides is 1. The van der Waals surface area contributed by atoms with Gasteiger partial charge < -0.3 is 4.90 Å². The Labute approximate surface area is 104 Å². The van der Waals surface area contributed by atoms with Crippen LogP contribution in [0.25, 0.3) is 0 Å². The molecule has 0 aromatic carbocycles. The molecule has 3 heteroatoms. The van der Waals surface area contributed by atoms with Gasteiger partial charge in [-0.25, -0.2) is 0 Å². The lowest BCUT2D eigenvalue weighted by Crippen LogP contribution is -2.40. The van der Waals surface area contributed by atoms with E-state index in [1.807, 2.05) is 11.9 Å². The Morgan fingerprint density at radius 1 is 1.31 bits per heavy atom. The van der Waals surface area contributed by atoms with E-state index in [0.29, 0.717) is 17.7 Å². The molecule has 0 bridgehead atoms. The highest BCUT2D eigenvalue weighted by atomic mass is 32.2. The van der Waals surface area contributed by atoms with Crippen LogP contribution in [0.3, 0.4) is 0 Å². The Kier molecular flexibility index (Phi) is 6.25. The van der Waals surface area contributed by atoms with Crippen molar-refractivity contribution >= 4 is 17.7 Å². The number of hydrogen-bond donors (Lipinski definition) is 0. The van der Waals surface area contributed by atoms with Gasteiger partial charge in [-0.3, -0.25) is 4.79 Å². The Morgan fingerprint density at radius 2 is 1.94 bits per heavy atom. The maximum atomic E-state index is 11.9. The first-order valence-electron chi connectivity index (χ1n) is 6.48. The van der Waals surface area contributed by atoms with Crippen LogP contribution in [-0.2, 0) is 4.79 Å². The normalized spacial score (nSPS) is 25.4. The summed E-state index contributed by atoms with van der Waals surface area (Å²) < 4.78 is 0. The van der Waals surface area contributed by atoms with Gasteiger partial charge in [-0.1, -0.05) is 13.8 Å². The first-order valence-corrected chi connectivity index (χ1v) is 7.64. The molecule has 2 nitrogen and oxygen atoms in total. The lowest BCUT2D eigenvalue weighted by molar-refractivity contribution is -0.129. The molecule has 1 rings (SSSR count). The zero-order chi connectivity index (χ0) is 12.0. The molecule has 0 N–H and O–H groups in total. The van der Waals surface area contributed by atoms with Crippen molar-refractivity contribution in [3.05, 3.63) is 0 Å². The maximum Gasteiger partial charge on any atom is 0.232 e. The van der Waals surface area contributed by atoms with Crippen molar-refractivity contribution in [2.24, 2.45) is 5.92 Å². The van der Waals surface area contributed by atoms with Crippen LogP contribution in [0.2, 0.25) is 0 Å². The molecule has 0 atom stereocenters. The lowest BCUT2D eigenvalue weighted by Gasteiger charge is -2.33. The molecule has 1 aliphatic rings. The van der Waals surface area contributed by atoms with Crippen LogP contribution < -0.4 is 0 Å². The molecule has 0 saturated heterocycles. The standard InChI is InChI=1S/C13H25NOS/c1-4-9-16-10-13(15)14(3)12-7-5-11(2)6-8-12/h11-12H,4-10H2,1-3H3. The molecule has 94 valence electrons. The average molecular weight is 243 g/mol. The van der Waals surface area contributed by atoms with Crippen LogP contribution in [0.1, 0.15) is 46.0 Å². The van der Waals surface area contributed by atoms with Crippen LogP contribution in [0.5, 0.6) is 0 Å². The average Bonchev–Trinajstić information content (AvgIpc) is 2.29. The van der Waals surface area contributed by atoms with E-state index >= 15 is 0 Å². The molecule has 1 saturated carbocycles. The number of carbonyl (C=O) groups excluding carboxylic acids is 1. The van der Waals surface area contributed by atoms with E-state index in [4.69, 9.17) is 0 Å². The molecule has 0 unspecified atom stereocenters. The first-order chi connectivity index (χ1) is 7.65. The predicted molar refractivity (Wildman–Crippen MR) is 71.8 cm³/mol. The molecule has 0 heterocycles. The van der Waals surface area contributed by atoms with Crippen molar-refractivity contribution in [1.29, 1.82) is 0 Å². The van der Waals surface area contributed by atoms with Gasteiger partial charge >= 0.3 is 0 Å². The Hall–Kier alpha value is -0.180. The van der Waals surface area contributed by atoms with Crippen molar-refractivity contribution in [3.8, 4) is 0 Å². The third-order valence-corrected chi connectivity index (χ3v) is 4.65. The van der Waals surface area contributed by atoms with Crippen molar-refractivity contribution in [2.45, 2.75) is 52.0 Å².